The highest BCUT2D eigenvalue weighted by atomic mass is 16.5. The van der Waals surface area contributed by atoms with Crippen molar-refractivity contribution in [3.05, 3.63) is 73.4 Å². The molecular formula is C27H24N8O. The number of imidazole rings is 1. The van der Waals surface area contributed by atoms with Crippen LogP contribution in [-0.2, 0) is 0 Å². The second-order valence-corrected chi connectivity index (χ2v) is 8.78. The Labute approximate surface area is 207 Å². The summed E-state index contributed by atoms with van der Waals surface area (Å²) >= 11 is 0. The van der Waals surface area contributed by atoms with Crippen LogP contribution < -0.4 is 4.74 Å². The SMILES string of the molecule is CN(C)CCOc1cncc(-c2ccc3[nH]nc(-c4nc5c(-c6cccnc6)nccc5[nH]4)c3c2)c1. The first-order valence-electron chi connectivity index (χ1n) is 11.6. The molecule has 36 heavy (non-hydrogen) atoms. The molecule has 0 spiro atoms. The topological polar surface area (TPSA) is 108 Å². The molecule has 0 aliphatic rings. The quantitative estimate of drug-likeness (QED) is 0.348. The first-order valence-corrected chi connectivity index (χ1v) is 11.6. The molecule has 5 aromatic heterocycles. The summed E-state index contributed by atoms with van der Waals surface area (Å²) in [6.07, 6.45) is 8.89. The third kappa shape index (κ3) is 4.16. The number of pyridine rings is 3. The largest absolute Gasteiger partial charge is 0.491 e. The lowest BCUT2D eigenvalue weighted by molar-refractivity contribution is 0.261. The van der Waals surface area contributed by atoms with Crippen molar-refractivity contribution in [3.8, 4) is 39.7 Å². The number of likely N-dealkylation sites (N-methyl/N-ethyl adjacent to an activating group) is 1. The highest BCUT2D eigenvalue weighted by Gasteiger charge is 2.16. The van der Waals surface area contributed by atoms with E-state index in [-0.39, 0.29) is 0 Å². The van der Waals surface area contributed by atoms with Crippen LogP contribution in [0, 0.1) is 0 Å². The Kier molecular flexibility index (Phi) is 5.59. The molecule has 0 radical (unpaired) electrons. The Morgan fingerprint density at radius 3 is 2.64 bits per heavy atom. The van der Waals surface area contributed by atoms with E-state index in [1.807, 2.05) is 56.7 Å². The predicted octanol–water partition coefficient (Wildman–Crippen LogP) is 4.57. The van der Waals surface area contributed by atoms with Crippen molar-refractivity contribution < 1.29 is 4.74 Å². The van der Waals surface area contributed by atoms with E-state index >= 15 is 0 Å². The minimum absolute atomic E-state index is 0.602. The third-order valence-corrected chi connectivity index (χ3v) is 5.98. The van der Waals surface area contributed by atoms with Crippen LogP contribution in [-0.4, -0.2) is 67.3 Å². The van der Waals surface area contributed by atoms with E-state index in [0.29, 0.717) is 12.4 Å². The summed E-state index contributed by atoms with van der Waals surface area (Å²) in [5, 5.41) is 8.66. The van der Waals surface area contributed by atoms with Crippen molar-refractivity contribution in [2.75, 3.05) is 27.2 Å². The van der Waals surface area contributed by atoms with Crippen LogP contribution in [0.15, 0.2) is 73.4 Å². The second-order valence-electron chi connectivity index (χ2n) is 8.78. The van der Waals surface area contributed by atoms with Crippen molar-refractivity contribution in [2.45, 2.75) is 0 Å². The van der Waals surface area contributed by atoms with Crippen molar-refractivity contribution in [3.63, 3.8) is 0 Å². The number of hydrogen-bond donors (Lipinski definition) is 2. The van der Waals surface area contributed by atoms with Crippen LogP contribution >= 0.6 is 0 Å². The minimum atomic E-state index is 0.602. The maximum absolute atomic E-state index is 5.88. The van der Waals surface area contributed by atoms with Crippen molar-refractivity contribution >= 4 is 21.9 Å². The lowest BCUT2D eigenvalue weighted by Crippen LogP contribution is -2.19. The molecule has 9 heteroatoms. The van der Waals surface area contributed by atoms with Gasteiger partial charge in [-0.05, 0) is 56.1 Å². The molecule has 2 N–H and O–H groups in total. The average Bonchev–Trinajstić information content (AvgIpc) is 3.53. The van der Waals surface area contributed by atoms with Crippen molar-refractivity contribution in [2.24, 2.45) is 0 Å². The Hall–Kier alpha value is -4.63. The summed E-state index contributed by atoms with van der Waals surface area (Å²) in [6, 6.07) is 14.0. The van der Waals surface area contributed by atoms with Crippen molar-refractivity contribution in [1.82, 2.24) is 40.0 Å². The Bertz CT molecular complexity index is 1660. The summed E-state index contributed by atoms with van der Waals surface area (Å²) in [5.41, 5.74) is 7.01. The molecule has 0 atom stereocenters. The van der Waals surface area contributed by atoms with Crippen LogP contribution in [0.1, 0.15) is 0 Å². The molecule has 0 bridgehead atoms. The number of H-pyrrole nitrogens is 2. The first kappa shape index (κ1) is 21.9. The van der Waals surface area contributed by atoms with Gasteiger partial charge in [-0.25, -0.2) is 4.98 Å². The summed E-state index contributed by atoms with van der Waals surface area (Å²) in [5.74, 6) is 1.42. The zero-order valence-electron chi connectivity index (χ0n) is 19.9. The molecule has 0 aliphatic heterocycles. The molecule has 0 aliphatic carbocycles. The predicted molar refractivity (Wildman–Crippen MR) is 139 cm³/mol. The third-order valence-electron chi connectivity index (χ3n) is 5.98. The van der Waals surface area contributed by atoms with Gasteiger partial charge in [0.2, 0.25) is 0 Å². The smallest absolute Gasteiger partial charge is 0.159 e. The van der Waals surface area contributed by atoms with Gasteiger partial charge in [0.1, 0.15) is 23.6 Å². The van der Waals surface area contributed by atoms with E-state index in [1.165, 1.54) is 0 Å². The standard InChI is InChI=1S/C27H24N8O/c1-35(2)10-11-36-20-12-19(15-29-16-20)17-5-6-22-21(13-17)25(34-33-22)27-31-23-7-9-30-24(26(23)32-27)18-4-3-8-28-14-18/h3-9,12-16H,10-11H2,1-2H3,(H,31,32)(H,33,34). The number of nitrogens with one attached hydrogen (secondary N) is 2. The summed E-state index contributed by atoms with van der Waals surface area (Å²) in [6.45, 7) is 1.44. The van der Waals surface area contributed by atoms with Gasteiger partial charge in [-0.1, -0.05) is 6.07 Å². The van der Waals surface area contributed by atoms with Crippen LogP contribution in [0.25, 0.3) is 55.8 Å². The summed E-state index contributed by atoms with van der Waals surface area (Å²) in [4.78, 5) is 23.5. The van der Waals surface area contributed by atoms with Gasteiger partial charge in [0, 0.05) is 47.8 Å². The summed E-state index contributed by atoms with van der Waals surface area (Å²) in [7, 11) is 4.04. The number of ether oxygens (including phenoxy) is 1. The average molecular weight is 477 g/mol. The van der Waals surface area contributed by atoms with Gasteiger partial charge in [0.15, 0.2) is 5.82 Å². The fourth-order valence-electron chi connectivity index (χ4n) is 4.14. The monoisotopic (exact) mass is 476 g/mol. The van der Waals surface area contributed by atoms with Crippen LogP contribution in [0.5, 0.6) is 5.75 Å². The molecule has 0 fully saturated rings. The molecule has 9 nitrogen and oxygen atoms in total. The maximum atomic E-state index is 5.88. The summed E-state index contributed by atoms with van der Waals surface area (Å²) < 4.78 is 5.88. The molecule has 6 rings (SSSR count). The first-order chi connectivity index (χ1) is 17.7. The van der Waals surface area contributed by atoms with E-state index in [1.54, 1.807) is 24.8 Å². The van der Waals surface area contributed by atoms with Crippen LogP contribution in [0.2, 0.25) is 0 Å². The van der Waals surface area contributed by atoms with Gasteiger partial charge >= 0.3 is 0 Å². The minimum Gasteiger partial charge on any atom is -0.491 e. The Morgan fingerprint density at radius 2 is 1.78 bits per heavy atom. The lowest BCUT2D eigenvalue weighted by atomic mass is 10.0. The molecule has 1 aromatic carbocycles. The zero-order valence-corrected chi connectivity index (χ0v) is 19.9. The second kappa shape index (κ2) is 9.20. The molecular weight excluding hydrogens is 452 g/mol. The number of hydrogen-bond acceptors (Lipinski definition) is 7. The highest BCUT2D eigenvalue weighted by molar-refractivity contribution is 5.97. The van der Waals surface area contributed by atoms with E-state index in [9.17, 15) is 0 Å². The van der Waals surface area contributed by atoms with E-state index in [2.05, 4.69) is 41.1 Å². The van der Waals surface area contributed by atoms with E-state index in [4.69, 9.17) is 9.72 Å². The molecule has 0 saturated heterocycles. The Morgan fingerprint density at radius 1 is 0.861 bits per heavy atom. The van der Waals surface area contributed by atoms with Crippen molar-refractivity contribution in [1.29, 1.82) is 0 Å². The van der Waals surface area contributed by atoms with Crippen LogP contribution in [0.3, 0.4) is 0 Å². The van der Waals surface area contributed by atoms with E-state index < -0.39 is 0 Å². The Balaban J connectivity index is 1.38. The molecule has 178 valence electrons. The number of aromatic nitrogens is 7. The number of benzene rings is 1. The number of fused-ring (bicyclic) bond motifs is 2. The molecule has 5 heterocycles. The van der Waals surface area contributed by atoms with Crippen LogP contribution in [0.4, 0.5) is 0 Å². The normalized spacial score (nSPS) is 11.5. The maximum Gasteiger partial charge on any atom is 0.159 e. The van der Waals surface area contributed by atoms with E-state index in [0.717, 1.165) is 62.3 Å². The highest BCUT2D eigenvalue weighted by Crippen LogP contribution is 2.32. The zero-order chi connectivity index (χ0) is 24.5. The molecule has 0 saturated carbocycles. The molecule has 0 amide bonds. The van der Waals surface area contributed by atoms with Gasteiger partial charge in [-0.3, -0.25) is 20.1 Å². The van der Waals surface area contributed by atoms with Gasteiger partial charge < -0.3 is 14.6 Å². The fourth-order valence-corrected chi connectivity index (χ4v) is 4.14. The lowest BCUT2D eigenvalue weighted by Gasteiger charge is -2.11. The molecule has 0 unspecified atom stereocenters. The number of aromatic amines is 2. The van der Waals surface area contributed by atoms with Gasteiger partial charge in [-0.2, -0.15) is 5.10 Å². The molecule has 6 aromatic rings. The number of rotatable bonds is 7. The van der Waals surface area contributed by atoms with Gasteiger partial charge in [-0.15, -0.1) is 0 Å². The van der Waals surface area contributed by atoms with Gasteiger partial charge in [0.05, 0.1) is 22.9 Å². The fraction of sp³-hybridized carbons (Fsp3) is 0.148. The van der Waals surface area contributed by atoms with Gasteiger partial charge in [0.25, 0.3) is 0 Å². The number of nitrogens with zero attached hydrogens (tertiary/aromatic N) is 6.